The number of halogens is 2. The first kappa shape index (κ1) is 33.4. The molecule has 11 heteroatoms. The van der Waals surface area contributed by atoms with E-state index < -0.39 is 52.6 Å². The van der Waals surface area contributed by atoms with Gasteiger partial charge in [-0.25, -0.2) is 4.39 Å². The van der Waals surface area contributed by atoms with Crippen molar-refractivity contribution in [1.82, 2.24) is 9.91 Å². The van der Waals surface area contributed by atoms with Gasteiger partial charge in [-0.15, -0.1) is 0 Å². The molecule has 0 bridgehead atoms. The van der Waals surface area contributed by atoms with Crippen molar-refractivity contribution < 1.29 is 33.4 Å². The molecule has 0 spiro atoms. The molecular formula is C40H39ClFN3O6. The number of amides is 4. The van der Waals surface area contributed by atoms with Crippen LogP contribution in [0.4, 0.5) is 10.1 Å². The van der Waals surface area contributed by atoms with Crippen LogP contribution in [0.5, 0.6) is 11.5 Å². The topological polar surface area (TPSA) is 116 Å². The van der Waals surface area contributed by atoms with E-state index >= 15 is 4.79 Å². The number of anilines is 1. The molecule has 8 rings (SSSR count). The molecule has 4 amide bonds. The number of ether oxygens (including phenoxy) is 1. The van der Waals surface area contributed by atoms with E-state index in [1.54, 1.807) is 49.4 Å². The number of hydrogen-bond donors (Lipinski definition) is 2. The number of benzene rings is 3. The molecule has 9 nitrogen and oxygen atoms in total. The lowest BCUT2D eigenvalue weighted by atomic mass is 9.49. The van der Waals surface area contributed by atoms with E-state index in [4.69, 9.17) is 16.3 Å². The average Bonchev–Trinajstić information content (AvgIpc) is 3.51. The van der Waals surface area contributed by atoms with Crippen molar-refractivity contribution in [3.05, 3.63) is 100 Å². The predicted octanol–water partition coefficient (Wildman–Crippen LogP) is 6.90. The standard InChI is InChI=1S/C40H39ClFN3O6/c1-2-51-32-10-6-9-29(35(32)46)34-27-19-20-28-33(38(49)44(36(28)47)26-7-4-3-5-8-26)30(27)21-31-37(48)45(43-25-17-15-24(42)16-18-25)39(50)40(31,34)22-11-13-23(41)14-12-22/h6,9-19,26,28,30-31,33-34,43,46H,2-5,7-8,20-21H2,1H3/t28-,30+,31-,33-,34+,40+/m0/s1. The number of rotatable bonds is 7. The van der Waals surface area contributed by atoms with E-state index in [1.165, 1.54) is 29.2 Å². The third kappa shape index (κ3) is 5.08. The molecule has 2 saturated heterocycles. The Morgan fingerprint density at radius 1 is 0.922 bits per heavy atom. The van der Waals surface area contributed by atoms with Crippen LogP contribution >= 0.6 is 11.6 Å². The second-order valence-corrected chi connectivity index (χ2v) is 14.8. The zero-order chi connectivity index (χ0) is 35.6. The van der Waals surface area contributed by atoms with Gasteiger partial charge in [0.15, 0.2) is 11.5 Å². The van der Waals surface area contributed by atoms with Crippen LogP contribution in [0.15, 0.2) is 78.4 Å². The van der Waals surface area contributed by atoms with Gasteiger partial charge >= 0.3 is 0 Å². The average molecular weight is 712 g/mol. The first-order chi connectivity index (χ1) is 24.7. The summed E-state index contributed by atoms with van der Waals surface area (Å²) in [4.78, 5) is 60.1. The Labute approximate surface area is 300 Å². The van der Waals surface area contributed by atoms with Crippen molar-refractivity contribution >= 4 is 40.9 Å². The number of hydrazine groups is 1. The number of carbonyl (C=O) groups excluding carboxylic acids is 4. The minimum absolute atomic E-state index is 0.127. The second-order valence-electron chi connectivity index (χ2n) is 14.3. The Hall–Kier alpha value is -4.70. The number of likely N-dealkylation sites (tertiary alicyclic amines) is 1. The van der Waals surface area contributed by atoms with Crippen molar-refractivity contribution in [3.63, 3.8) is 0 Å². The summed E-state index contributed by atoms with van der Waals surface area (Å²) in [6.07, 6.45) is 6.95. The number of phenolic OH excluding ortho intramolecular Hbond substituents is 1. The third-order valence-electron chi connectivity index (χ3n) is 11.9. The summed E-state index contributed by atoms with van der Waals surface area (Å²) in [5.74, 6) is -5.62. The lowest BCUT2D eigenvalue weighted by Gasteiger charge is -2.50. The van der Waals surface area contributed by atoms with Crippen molar-refractivity contribution in [2.24, 2.45) is 23.7 Å². The minimum Gasteiger partial charge on any atom is -0.504 e. The number of phenols is 1. The Morgan fingerprint density at radius 2 is 1.65 bits per heavy atom. The molecule has 3 aromatic rings. The molecule has 2 N–H and O–H groups in total. The maximum atomic E-state index is 15.3. The van der Waals surface area contributed by atoms with Crippen LogP contribution in [0.2, 0.25) is 5.02 Å². The van der Waals surface area contributed by atoms with Gasteiger partial charge < -0.3 is 9.84 Å². The molecule has 3 aliphatic carbocycles. The van der Waals surface area contributed by atoms with Gasteiger partial charge in [-0.05, 0) is 86.6 Å². The molecule has 0 aromatic heterocycles. The fourth-order valence-electron chi connectivity index (χ4n) is 9.77. The fraction of sp³-hybridized carbons (Fsp3) is 0.400. The zero-order valence-electron chi connectivity index (χ0n) is 28.2. The number of nitrogens with zero attached hydrogens (tertiary/aromatic N) is 2. The van der Waals surface area contributed by atoms with Gasteiger partial charge in [0.2, 0.25) is 11.8 Å². The minimum atomic E-state index is -1.60. The molecule has 2 aliphatic heterocycles. The highest BCUT2D eigenvalue weighted by Crippen LogP contribution is 2.65. The molecule has 3 aromatic carbocycles. The van der Waals surface area contributed by atoms with Gasteiger partial charge in [0.25, 0.3) is 11.8 Å². The van der Waals surface area contributed by atoms with Gasteiger partial charge in [0, 0.05) is 22.5 Å². The highest BCUT2D eigenvalue weighted by Gasteiger charge is 2.71. The molecule has 5 aliphatic rings. The second kappa shape index (κ2) is 12.8. The predicted molar refractivity (Wildman–Crippen MR) is 187 cm³/mol. The van der Waals surface area contributed by atoms with E-state index in [-0.39, 0.29) is 42.4 Å². The summed E-state index contributed by atoms with van der Waals surface area (Å²) in [6.45, 7) is 2.08. The number of aromatic hydroxyl groups is 1. The molecule has 2 saturated carbocycles. The van der Waals surface area contributed by atoms with E-state index in [0.29, 0.717) is 28.3 Å². The summed E-state index contributed by atoms with van der Waals surface area (Å²) in [6, 6.07) is 17.1. The van der Waals surface area contributed by atoms with E-state index in [0.717, 1.165) is 42.7 Å². The molecule has 0 unspecified atom stereocenters. The molecule has 4 fully saturated rings. The van der Waals surface area contributed by atoms with Crippen molar-refractivity contribution in [1.29, 1.82) is 0 Å². The first-order valence-electron chi connectivity index (χ1n) is 17.8. The Kier molecular flexibility index (Phi) is 8.40. The number of fused-ring (bicyclic) bond motifs is 4. The highest BCUT2D eigenvalue weighted by molar-refractivity contribution is 6.30. The maximum Gasteiger partial charge on any atom is 0.260 e. The van der Waals surface area contributed by atoms with Crippen LogP contribution in [0.1, 0.15) is 68.9 Å². The van der Waals surface area contributed by atoms with Gasteiger partial charge in [-0.1, -0.05) is 66.8 Å². The van der Waals surface area contributed by atoms with Gasteiger partial charge in [0.05, 0.1) is 35.5 Å². The SMILES string of the molecule is CCOc1cccc([C@H]2C3=CC[C@@H]4C(=O)N(C5CCCCC5)C(=O)[C@@H]4[C@@H]3C[C@H]3C(=O)N(Nc4ccc(F)cc4)C(=O)[C@@]23c2ccc(Cl)cc2)c1O. The largest absolute Gasteiger partial charge is 0.504 e. The Bertz CT molecular complexity index is 1940. The summed E-state index contributed by atoms with van der Waals surface area (Å²) in [5, 5.41) is 13.3. The third-order valence-corrected chi connectivity index (χ3v) is 12.1. The summed E-state index contributed by atoms with van der Waals surface area (Å²) < 4.78 is 19.7. The van der Waals surface area contributed by atoms with Crippen LogP contribution in [0.3, 0.4) is 0 Å². The number of allylic oxidation sites excluding steroid dienone is 2. The molecule has 2 heterocycles. The molecule has 264 valence electrons. The van der Waals surface area contributed by atoms with Crippen LogP contribution in [0.25, 0.3) is 0 Å². The van der Waals surface area contributed by atoms with Gasteiger partial charge in [0.1, 0.15) is 5.82 Å². The van der Waals surface area contributed by atoms with Crippen molar-refractivity contribution in [3.8, 4) is 11.5 Å². The lowest BCUT2D eigenvalue weighted by molar-refractivity contribution is -0.144. The van der Waals surface area contributed by atoms with Crippen LogP contribution < -0.4 is 10.2 Å². The maximum absolute atomic E-state index is 15.3. The summed E-state index contributed by atoms with van der Waals surface area (Å²) in [7, 11) is 0. The summed E-state index contributed by atoms with van der Waals surface area (Å²) >= 11 is 6.37. The van der Waals surface area contributed by atoms with Crippen LogP contribution in [0, 0.1) is 29.5 Å². The monoisotopic (exact) mass is 711 g/mol. The lowest BCUT2D eigenvalue weighted by Crippen LogP contribution is -2.53. The number of para-hydroxylation sites is 1. The highest BCUT2D eigenvalue weighted by atomic mass is 35.5. The first-order valence-corrected chi connectivity index (χ1v) is 18.2. The van der Waals surface area contributed by atoms with Crippen LogP contribution in [-0.4, -0.2) is 51.3 Å². The molecule has 51 heavy (non-hydrogen) atoms. The number of imide groups is 2. The van der Waals surface area contributed by atoms with Gasteiger partial charge in [-0.3, -0.25) is 29.5 Å². The van der Waals surface area contributed by atoms with Crippen molar-refractivity contribution in [2.75, 3.05) is 12.0 Å². The smallest absolute Gasteiger partial charge is 0.260 e. The van der Waals surface area contributed by atoms with Gasteiger partial charge in [-0.2, -0.15) is 5.01 Å². The van der Waals surface area contributed by atoms with Crippen LogP contribution in [-0.2, 0) is 24.6 Å². The number of nitrogens with one attached hydrogen (secondary N) is 1. The van der Waals surface area contributed by atoms with E-state index in [2.05, 4.69) is 5.43 Å². The Morgan fingerprint density at radius 3 is 2.35 bits per heavy atom. The summed E-state index contributed by atoms with van der Waals surface area (Å²) in [5.41, 5.74) is 3.31. The fourth-order valence-corrected chi connectivity index (χ4v) is 9.89. The number of hydrogen-bond acceptors (Lipinski definition) is 7. The number of carbonyl (C=O) groups is 4. The van der Waals surface area contributed by atoms with E-state index in [9.17, 15) is 23.9 Å². The van der Waals surface area contributed by atoms with E-state index in [1.807, 2.05) is 6.08 Å². The zero-order valence-corrected chi connectivity index (χ0v) is 28.9. The Balaban J connectivity index is 1.33. The molecular weight excluding hydrogens is 673 g/mol. The van der Waals surface area contributed by atoms with Crippen molar-refractivity contribution in [2.45, 2.75) is 69.2 Å². The molecule has 6 atom stereocenters. The quantitative estimate of drug-likeness (QED) is 0.202. The molecule has 0 radical (unpaired) electrons. The normalized spacial score (nSPS) is 29.1.